The second-order valence-corrected chi connectivity index (χ2v) is 6.52. The molecule has 3 fully saturated rings. The largest absolute Gasteiger partial charge is 0.484 e. The van der Waals surface area contributed by atoms with E-state index in [-0.39, 0.29) is 23.9 Å². The van der Waals surface area contributed by atoms with Crippen LogP contribution in [-0.4, -0.2) is 34.8 Å². The zero-order valence-electron chi connectivity index (χ0n) is 12.3. The summed E-state index contributed by atoms with van der Waals surface area (Å²) in [5.74, 6) is -0.135. The Morgan fingerprint density at radius 1 is 1.32 bits per heavy atom. The second-order valence-electron chi connectivity index (χ2n) is 6.52. The number of aliphatic hydroxyl groups excluding tert-OH is 1. The molecule has 1 atom stereocenters. The van der Waals surface area contributed by atoms with E-state index >= 15 is 0 Å². The zero-order valence-corrected chi connectivity index (χ0v) is 12.3. The number of hydrogen-bond acceptors (Lipinski definition) is 4. The molecule has 0 aromatic heterocycles. The summed E-state index contributed by atoms with van der Waals surface area (Å²) < 4.78 is 18.1. The van der Waals surface area contributed by atoms with Crippen molar-refractivity contribution in [1.29, 1.82) is 0 Å². The summed E-state index contributed by atoms with van der Waals surface area (Å²) in [6.07, 6.45) is 2.91. The van der Waals surface area contributed by atoms with Crippen LogP contribution in [0.5, 0.6) is 5.75 Å². The van der Waals surface area contributed by atoms with Gasteiger partial charge in [0.2, 0.25) is 0 Å². The van der Waals surface area contributed by atoms with Gasteiger partial charge >= 0.3 is 0 Å². The highest BCUT2D eigenvalue weighted by atomic mass is 19.1. The van der Waals surface area contributed by atoms with Crippen molar-refractivity contribution in [3.8, 4) is 5.75 Å². The van der Waals surface area contributed by atoms with Crippen LogP contribution < -0.4 is 15.8 Å². The number of halogens is 1. The average Bonchev–Trinajstić information content (AvgIpc) is 2.49. The fourth-order valence-corrected chi connectivity index (χ4v) is 3.49. The summed E-state index contributed by atoms with van der Waals surface area (Å²) in [5.41, 5.74) is 5.30. The number of ether oxygens (including phenoxy) is 1. The molecule has 4 rings (SSSR count). The molecular formula is C16H21FN2O3. The summed E-state index contributed by atoms with van der Waals surface area (Å²) in [6.45, 7) is -0.128. The summed E-state index contributed by atoms with van der Waals surface area (Å²) in [4.78, 5) is 12.1. The van der Waals surface area contributed by atoms with Gasteiger partial charge < -0.3 is 20.9 Å². The van der Waals surface area contributed by atoms with Crippen LogP contribution in [0.25, 0.3) is 0 Å². The molecule has 1 aromatic carbocycles. The molecule has 1 amide bonds. The van der Waals surface area contributed by atoms with Crippen LogP contribution in [-0.2, 0) is 4.79 Å². The maximum atomic E-state index is 12.8. The van der Waals surface area contributed by atoms with Crippen LogP contribution in [0.1, 0.15) is 32.1 Å². The monoisotopic (exact) mass is 308 g/mol. The average molecular weight is 308 g/mol. The minimum absolute atomic E-state index is 0.128. The standard InChI is InChI=1S/C16H21FN2O3/c17-11-1-3-12(4-2-11)22-10-14(21)19-15-5-7-16(18,8-6-15)13(20)9-15/h1-4,13,20H,5-10,18H2,(H,19,21). The Kier molecular flexibility index (Phi) is 3.82. The predicted molar refractivity (Wildman–Crippen MR) is 78.8 cm³/mol. The molecule has 0 radical (unpaired) electrons. The minimum atomic E-state index is -0.576. The Morgan fingerprint density at radius 2 is 1.95 bits per heavy atom. The SMILES string of the molecule is NC12CCC(NC(=O)COc3ccc(F)cc3)(CC1)CC2O. The number of nitrogens with two attached hydrogens (primary N) is 1. The highest BCUT2D eigenvalue weighted by Crippen LogP contribution is 2.45. The minimum Gasteiger partial charge on any atom is -0.484 e. The molecule has 1 aromatic rings. The molecule has 3 aliphatic rings. The third-order valence-corrected chi connectivity index (χ3v) is 4.97. The van der Waals surface area contributed by atoms with Gasteiger partial charge in [0.15, 0.2) is 6.61 Å². The molecular weight excluding hydrogens is 287 g/mol. The summed E-state index contributed by atoms with van der Waals surface area (Å²) in [5, 5.41) is 13.1. The van der Waals surface area contributed by atoms with Gasteiger partial charge in [0.25, 0.3) is 5.91 Å². The lowest BCUT2D eigenvalue weighted by molar-refractivity contribution is -0.128. The fraction of sp³-hybridized carbons (Fsp3) is 0.562. The van der Waals surface area contributed by atoms with Crippen molar-refractivity contribution < 1.29 is 19.0 Å². The van der Waals surface area contributed by atoms with E-state index in [2.05, 4.69) is 5.32 Å². The van der Waals surface area contributed by atoms with Gasteiger partial charge in [-0.25, -0.2) is 4.39 Å². The molecule has 2 bridgehead atoms. The van der Waals surface area contributed by atoms with Crippen LogP contribution in [0.3, 0.4) is 0 Å². The van der Waals surface area contributed by atoms with Crippen LogP contribution in [0.2, 0.25) is 0 Å². The first-order valence-corrected chi connectivity index (χ1v) is 7.57. The highest BCUT2D eigenvalue weighted by Gasteiger charge is 2.52. The fourth-order valence-electron chi connectivity index (χ4n) is 3.49. The number of rotatable bonds is 4. The van der Waals surface area contributed by atoms with E-state index in [0.717, 1.165) is 12.8 Å². The molecule has 3 aliphatic carbocycles. The third-order valence-electron chi connectivity index (χ3n) is 4.97. The lowest BCUT2D eigenvalue weighted by Gasteiger charge is -2.54. The number of amides is 1. The summed E-state index contributed by atoms with van der Waals surface area (Å²) in [6, 6.07) is 5.53. The summed E-state index contributed by atoms with van der Waals surface area (Å²) >= 11 is 0. The van der Waals surface area contributed by atoms with Crippen molar-refractivity contribution >= 4 is 5.91 Å². The molecule has 0 spiro atoms. The Hall–Kier alpha value is -1.66. The molecule has 120 valence electrons. The van der Waals surface area contributed by atoms with Crippen molar-refractivity contribution in [3.05, 3.63) is 30.1 Å². The third kappa shape index (κ3) is 2.94. The first-order chi connectivity index (χ1) is 10.4. The number of benzene rings is 1. The molecule has 6 heteroatoms. The first-order valence-electron chi connectivity index (χ1n) is 7.57. The van der Waals surface area contributed by atoms with Gasteiger partial charge in [-0.1, -0.05) is 0 Å². The van der Waals surface area contributed by atoms with E-state index < -0.39 is 11.6 Å². The number of carbonyl (C=O) groups excluding carboxylic acids is 1. The maximum absolute atomic E-state index is 12.8. The number of aliphatic hydroxyl groups is 1. The maximum Gasteiger partial charge on any atom is 0.258 e. The molecule has 1 unspecified atom stereocenters. The lowest BCUT2D eigenvalue weighted by atomic mass is 9.60. The number of nitrogens with one attached hydrogen (secondary N) is 1. The van der Waals surface area contributed by atoms with Crippen molar-refractivity contribution in [2.24, 2.45) is 5.73 Å². The van der Waals surface area contributed by atoms with Gasteiger partial charge in [-0.2, -0.15) is 0 Å². The van der Waals surface area contributed by atoms with Crippen molar-refractivity contribution in [1.82, 2.24) is 5.32 Å². The lowest BCUT2D eigenvalue weighted by Crippen LogP contribution is -2.68. The molecule has 0 saturated heterocycles. The van der Waals surface area contributed by atoms with Crippen LogP contribution >= 0.6 is 0 Å². The Morgan fingerprint density at radius 3 is 2.55 bits per heavy atom. The second kappa shape index (κ2) is 5.52. The zero-order chi connectivity index (χ0) is 15.8. The first kappa shape index (κ1) is 15.2. The molecule has 0 aliphatic heterocycles. The highest BCUT2D eigenvalue weighted by molar-refractivity contribution is 5.78. The summed E-state index contributed by atoms with van der Waals surface area (Å²) in [7, 11) is 0. The smallest absolute Gasteiger partial charge is 0.258 e. The predicted octanol–water partition coefficient (Wildman–Crippen LogP) is 1.10. The van der Waals surface area contributed by atoms with Gasteiger partial charge in [-0.15, -0.1) is 0 Å². The van der Waals surface area contributed by atoms with Crippen LogP contribution in [0, 0.1) is 5.82 Å². The number of fused-ring (bicyclic) bond motifs is 3. The quantitative estimate of drug-likeness (QED) is 0.777. The van der Waals surface area contributed by atoms with E-state index in [9.17, 15) is 14.3 Å². The Balaban J connectivity index is 1.55. The van der Waals surface area contributed by atoms with Gasteiger partial charge in [0.05, 0.1) is 6.10 Å². The Labute approximate surface area is 128 Å². The van der Waals surface area contributed by atoms with Crippen LogP contribution in [0.15, 0.2) is 24.3 Å². The van der Waals surface area contributed by atoms with Crippen molar-refractivity contribution in [3.63, 3.8) is 0 Å². The van der Waals surface area contributed by atoms with E-state index in [1.165, 1.54) is 24.3 Å². The Bertz CT molecular complexity index is 553. The van der Waals surface area contributed by atoms with E-state index in [0.29, 0.717) is 25.0 Å². The van der Waals surface area contributed by atoms with Gasteiger partial charge in [-0.3, -0.25) is 4.79 Å². The molecule has 4 N–H and O–H groups in total. The van der Waals surface area contributed by atoms with Gasteiger partial charge in [0, 0.05) is 11.1 Å². The van der Waals surface area contributed by atoms with Crippen molar-refractivity contribution in [2.75, 3.05) is 6.61 Å². The molecule has 3 saturated carbocycles. The number of carbonyl (C=O) groups is 1. The van der Waals surface area contributed by atoms with E-state index in [1.54, 1.807) is 0 Å². The molecule has 5 nitrogen and oxygen atoms in total. The van der Waals surface area contributed by atoms with E-state index in [4.69, 9.17) is 10.5 Å². The molecule has 0 heterocycles. The normalized spacial score (nSPS) is 33.5. The van der Waals surface area contributed by atoms with Gasteiger partial charge in [-0.05, 0) is 56.4 Å². The van der Waals surface area contributed by atoms with E-state index in [1.807, 2.05) is 0 Å². The molecule has 22 heavy (non-hydrogen) atoms. The van der Waals surface area contributed by atoms with Crippen molar-refractivity contribution in [2.45, 2.75) is 49.3 Å². The van der Waals surface area contributed by atoms with Crippen LogP contribution in [0.4, 0.5) is 4.39 Å². The van der Waals surface area contributed by atoms with Gasteiger partial charge in [0.1, 0.15) is 11.6 Å². The topological polar surface area (TPSA) is 84.6 Å². The number of hydrogen-bond donors (Lipinski definition) is 3.